The lowest BCUT2D eigenvalue weighted by molar-refractivity contribution is -0.116. The second kappa shape index (κ2) is 11.0. The van der Waals surface area contributed by atoms with Crippen LogP contribution in [0.4, 0.5) is 5.69 Å². The Kier molecular flexibility index (Phi) is 7.80. The Morgan fingerprint density at radius 1 is 0.970 bits per heavy atom. The molecule has 2 aliphatic rings. The summed E-state index contributed by atoms with van der Waals surface area (Å²) in [6.07, 6.45) is 5.90. The second-order valence-corrected chi connectivity index (χ2v) is 10.3. The number of hydrogen-bond acceptors (Lipinski definition) is 5. The van der Waals surface area contributed by atoms with Gasteiger partial charge in [0.25, 0.3) is 0 Å². The van der Waals surface area contributed by atoms with E-state index in [1.165, 1.54) is 11.8 Å². The normalized spacial score (nSPS) is 17.4. The third kappa shape index (κ3) is 7.15. The zero-order chi connectivity index (χ0) is 23.1. The third-order valence-corrected chi connectivity index (χ3v) is 7.50. The molecule has 2 N–H and O–H groups in total. The van der Waals surface area contributed by atoms with Crippen molar-refractivity contribution in [2.45, 2.75) is 30.2 Å². The second-order valence-electron chi connectivity index (χ2n) is 8.61. The van der Waals surface area contributed by atoms with Crippen LogP contribution in [0.15, 0.2) is 65.6 Å². The van der Waals surface area contributed by atoms with E-state index in [2.05, 4.69) is 44.1 Å². The average Bonchev–Trinajstić information content (AvgIpc) is 3.65. The highest BCUT2D eigenvalue weighted by molar-refractivity contribution is 7.89. The summed E-state index contributed by atoms with van der Waals surface area (Å²) in [6, 6.07) is 17.1. The van der Waals surface area contributed by atoms with Gasteiger partial charge in [-0.15, -0.1) is 0 Å². The van der Waals surface area contributed by atoms with Gasteiger partial charge in [-0.1, -0.05) is 30.3 Å². The Labute approximate surface area is 196 Å². The molecule has 7 nitrogen and oxygen atoms in total. The Morgan fingerprint density at radius 3 is 2.33 bits per heavy atom. The first kappa shape index (κ1) is 23.5. The number of benzene rings is 2. The molecule has 2 aromatic rings. The standard InChI is InChI=1S/C25H32N4O3S/c30-25(14-9-21-7-12-24(13-8-21)33(31,32)27-22-10-11-22)26-15-4-16-28-17-19-29(20-18-28)23-5-2-1-3-6-23/h1-3,5-9,12-14,22,27H,4,10-11,15-20H2,(H,26,30)/b14-9+. The van der Waals surface area contributed by atoms with Gasteiger partial charge in [-0.2, -0.15) is 0 Å². The minimum atomic E-state index is -3.45. The first-order chi connectivity index (χ1) is 16.0. The smallest absolute Gasteiger partial charge is 0.243 e. The van der Waals surface area contributed by atoms with Crippen molar-refractivity contribution in [3.63, 3.8) is 0 Å². The molecule has 1 saturated carbocycles. The van der Waals surface area contributed by atoms with Crippen LogP contribution in [-0.2, 0) is 14.8 Å². The quantitative estimate of drug-likeness (QED) is 0.414. The van der Waals surface area contributed by atoms with Gasteiger partial charge in [0.05, 0.1) is 4.90 Å². The highest BCUT2D eigenvalue weighted by Gasteiger charge is 2.27. The summed E-state index contributed by atoms with van der Waals surface area (Å²) in [5.41, 5.74) is 2.06. The Bertz CT molecular complexity index is 1040. The molecule has 1 saturated heterocycles. The van der Waals surface area contributed by atoms with Crippen LogP contribution in [0.3, 0.4) is 0 Å². The molecule has 1 aliphatic heterocycles. The molecule has 33 heavy (non-hydrogen) atoms. The predicted octanol–water partition coefficient (Wildman–Crippen LogP) is 2.47. The molecule has 2 fully saturated rings. The molecule has 4 rings (SSSR count). The van der Waals surface area contributed by atoms with Gasteiger partial charge in [0, 0.05) is 50.5 Å². The highest BCUT2D eigenvalue weighted by Crippen LogP contribution is 2.22. The number of hydrogen-bond donors (Lipinski definition) is 2. The molecule has 8 heteroatoms. The maximum Gasteiger partial charge on any atom is 0.243 e. The van der Waals surface area contributed by atoms with Gasteiger partial charge >= 0.3 is 0 Å². The van der Waals surface area contributed by atoms with Crippen molar-refractivity contribution in [2.24, 2.45) is 0 Å². The van der Waals surface area contributed by atoms with Crippen LogP contribution < -0.4 is 14.9 Å². The van der Waals surface area contributed by atoms with Crippen molar-refractivity contribution in [3.8, 4) is 0 Å². The van der Waals surface area contributed by atoms with Crippen molar-refractivity contribution >= 4 is 27.7 Å². The minimum absolute atomic E-state index is 0.0807. The summed E-state index contributed by atoms with van der Waals surface area (Å²) in [4.78, 5) is 17.2. The molecule has 0 spiro atoms. The van der Waals surface area contributed by atoms with Gasteiger partial charge in [-0.3, -0.25) is 9.69 Å². The molecule has 2 aromatic carbocycles. The number of carbonyl (C=O) groups is 1. The zero-order valence-electron chi connectivity index (χ0n) is 18.8. The van der Waals surface area contributed by atoms with E-state index in [1.807, 2.05) is 6.07 Å². The van der Waals surface area contributed by atoms with E-state index in [1.54, 1.807) is 30.3 Å². The largest absolute Gasteiger partial charge is 0.369 e. The molecular formula is C25H32N4O3S. The van der Waals surface area contributed by atoms with Gasteiger partial charge in [0.15, 0.2) is 0 Å². The van der Waals surface area contributed by atoms with E-state index in [-0.39, 0.29) is 16.8 Å². The lowest BCUT2D eigenvalue weighted by atomic mass is 10.2. The predicted molar refractivity (Wildman–Crippen MR) is 132 cm³/mol. The molecule has 0 unspecified atom stereocenters. The summed E-state index contributed by atoms with van der Waals surface area (Å²) in [6.45, 7) is 5.71. The van der Waals surface area contributed by atoms with Gasteiger partial charge in [0.1, 0.15) is 0 Å². The maximum atomic E-state index is 12.2. The number of nitrogens with one attached hydrogen (secondary N) is 2. The van der Waals surface area contributed by atoms with Gasteiger partial charge < -0.3 is 10.2 Å². The van der Waals surface area contributed by atoms with E-state index in [4.69, 9.17) is 0 Å². The molecular weight excluding hydrogens is 436 g/mol. The summed E-state index contributed by atoms with van der Waals surface area (Å²) in [5.74, 6) is -0.143. The Morgan fingerprint density at radius 2 is 1.67 bits per heavy atom. The number of para-hydroxylation sites is 1. The van der Waals surface area contributed by atoms with Crippen molar-refractivity contribution in [1.29, 1.82) is 0 Å². The minimum Gasteiger partial charge on any atom is -0.369 e. The van der Waals surface area contributed by atoms with Crippen LogP contribution in [0.5, 0.6) is 0 Å². The molecule has 1 aliphatic carbocycles. The van der Waals surface area contributed by atoms with Gasteiger partial charge in [0.2, 0.25) is 15.9 Å². The van der Waals surface area contributed by atoms with Gasteiger partial charge in [-0.05, 0) is 61.7 Å². The number of anilines is 1. The van der Waals surface area contributed by atoms with Crippen molar-refractivity contribution in [2.75, 3.05) is 44.2 Å². The molecule has 1 amide bonds. The highest BCUT2D eigenvalue weighted by atomic mass is 32.2. The number of sulfonamides is 1. The molecule has 0 radical (unpaired) electrons. The SMILES string of the molecule is O=C(/C=C/c1ccc(S(=O)(=O)NC2CC2)cc1)NCCCN1CCN(c2ccccc2)CC1. The van der Waals surface area contributed by atoms with E-state index >= 15 is 0 Å². The molecule has 176 valence electrons. The first-order valence-electron chi connectivity index (χ1n) is 11.6. The fourth-order valence-electron chi connectivity index (χ4n) is 3.86. The molecule has 0 bridgehead atoms. The lowest BCUT2D eigenvalue weighted by Gasteiger charge is -2.36. The van der Waals surface area contributed by atoms with Crippen molar-refractivity contribution in [1.82, 2.24) is 14.9 Å². The first-order valence-corrected chi connectivity index (χ1v) is 13.1. The fraction of sp³-hybridized carbons (Fsp3) is 0.400. The number of carbonyl (C=O) groups excluding carboxylic acids is 1. The number of rotatable bonds is 10. The van der Waals surface area contributed by atoms with Crippen LogP contribution in [0.1, 0.15) is 24.8 Å². The van der Waals surface area contributed by atoms with E-state index in [9.17, 15) is 13.2 Å². The fourth-order valence-corrected chi connectivity index (χ4v) is 5.17. The monoisotopic (exact) mass is 468 g/mol. The molecule has 0 aromatic heterocycles. The number of piperazine rings is 1. The summed E-state index contributed by atoms with van der Waals surface area (Å²) in [5, 5.41) is 2.92. The van der Waals surface area contributed by atoms with Crippen molar-refractivity contribution in [3.05, 3.63) is 66.2 Å². The Hall–Kier alpha value is -2.68. The lowest BCUT2D eigenvalue weighted by Crippen LogP contribution is -2.47. The molecule has 0 atom stereocenters. The summed E-state index contributed by atoms with van der Waals surface area (Å²) in [7, 11) is -3.45. The van der Waals surface area contributed by atoms with E-state index in [0.29, 0.717) is 6.54 Å². The van der Waals surface area contributed by atoms with Crippen molar-refractivity contribution < 1.29 is 13.2 Å². The summed E-state index contributed by atoms with van der Waals surface area (Å²) >= 11 is 0. The van der Waals surface area contributed by atoms with Crippen LogP contribution in [0.2, 0.25) is 0 Å². The van der Waals surface area contributed by atoms with Crippen LogP contribution in [0, 0.1) is 0 Å². The average molecular weight is 469 g/mol. The van der Waals surface area contributed by atoms with E-state index < -0.39 is 10.0 Å². The number of nitrogens with zero attached hydrogens (tertiary/aromatic N) is 2. The van der Waals surface area contributed by atoms with E-state index in [0.717, 1.165) is 57.5 Å². The molecule has 1 heterocycles. The van der Waals surface area contributed by atoms with Crippen LogP contribution >= 0.6 is 0 Å². The zero-order valence-corrected chi connectivity index (χ0v) is 19.6. The third-order valence-electron chi connectivity index (χ3n) is 5.96. The van der Waals surface area contributed by atoms with Crippen LogP contribution in [0.25, 0.3) is 6.08 Å². The Balaban J connectivity index is 1.13. The maximum absolute atomic E-state index is 12.2. The summed E-state index contributed by atoms with van der Waals surface area (Å²) < 4.78 is 27.1. The topological polar surface area (TPSA) is 81.7 Å². The van der Waals surface area contributed by atoms with Crippen LogP contribution in [-0.4, -0.2) is 64.5 Å². The van der Waals surface area contributed by atoms with Gasteiger partial charge in [-0.25, -0.2) is 13.1 Å². The number of amides is 1.